The third-order valence-electron chi connectivity index (χ3n) is 6.15. The van der Waals surface area contributed by atoms with Crippen molar-refractivity contribution in [3.63, 3.8) is 0 Å². The highest BCUT2D eigenvalue weighted by Gasteiger charge is 2.90. The maximum absolute atomic E-state index is 13.4. The third kappa shape index (κ3) is 1.82. The van der Waals surface area contributed by atoms with Crippen LogP contribution >= 0.6 is 0 Å². The van der Waals surface area contributed by atoms with E-state index in [0.717, 1.165) is 14.2 Å². The van der Waals surface area contributed by atoms with Gasteiger partial charge in [0.2, 0.25) is 0 Å². The van der Waals surface area contributed by atoms with E-state index >= 15 is 0 Å². The molecule has 0 amide bonds. The van der Waals surface area contributed by atoms with Gasteiger partial charge in [-0.1, -0.05) is 24.3 Å². The van der Waals surface area contributed by atoms with Crippen molar-refractivity contribution in [2.45, 2.75) is 11.2 Å². The first-order chi connectivity index (χ1) is 14.4. The fourth-order valence-electron chi connectivity index (χ4n) is 4.93. The van der Waals surface area contributed by atoms with E-state index in [1.54, 1.807) is 36.4 Å². The minimum Gasteiger partial charge on any atom is -0.469 e. The van der Waals surface area contributed by atoms with Crippen LogP contribution in [0.25, 0.3) is 0 Å². The van der Waals surface area contributed by atoms with E-state index in [0.29, 0.717) is 0 Å². The van der Waals surface area contributed by atoms with E-state index in [9.17, 15) is 19.2 Å². The number of Topliss-reactive ketones (excluding diaryl/α,β-unsaturated/α-hetero) is 2. The molecule has 2 aliphatic heterocycles. The van der Waals surface area contributed by atoms with Crippen LogP contribution in [0.5, 0.6) is 11.5 Å². The molecule has 5 rings (SSSR count). The molecular formula is C22H16O8. The van der Waals surface area contributed by atoms with Gasteiger partial charge >= 0.3 is 11.9 Å². The van der Waals surface area contributed by atoms with Crippen LogP contribution in [0.2, 0.25) is 0 Å². The maximum Gasteiger partial charge on any atom is 0.356 e. The summed E-state index contributed by atoms with van der Waals surface area (Å²) in [5.74, 6) is -5.40. The van der Waals surface area contributed by atoms with Gasteiger partial charge in [-0.25, -0.2) is 9.59 Å². The van der Waals surface area contributed by atoms with Crippen LogP contribution in [0.15, 0.2) is 48.5 Å². The number of rotatable bonds is 2. The van der Waals surface area contributed by atoms with E-state index < -0.39 is 46.5 Å². The van der Waals surface area contributed by atoms with Gasteiger partial charge in [-0.15, -0.1) is 0 Å². The molecule has 3 aliphatic rings. The van der Waals surface area contributed by atoms with Crippen LogP contribution in [-0.2, 0) is 19.1 Å². The molecule has 1 saturated carbocycles. The molecule has 2 heterocycles. The highest BCUT2D eigenvalue weighted by Crippen LogP contribution is 2.64. The zero-order valence-electron chi connectivity index (χ0n) is 16.0. The molecule has 0 bridgehead atoms. The van der Waals surface area contributed by atoms with Crippen molar-refractivity contribution in [3.8, 4) is 11.5 Å². The highest BCUT2D eigenvalue weighted by molar-refractivity contribution is 6.19. The molecule has 0 radical (unpaired) electrons. The Kier molecular flexibility index (Phi) is 3.62. The Balaban J connectivity index is 1.82. The first-order valence-electron chi connectivity index (χ1n) is 9.25. The lowest BCUT2D eigenvalue weighted by atomic mass is 9.45. The summed E-state index contributed by atoms with van der Waals surface area (Å²) in [6, 6.07) is 12.6. The van der Waals surface area contributed by atoms with E-state index in [1.165, 1.54) is 12.1 Å². The molecule has 152 valence electrons. The van der Waals surface area contributed by atoms with Gasteiger partial charge in [0.15, 0.2) is 11.6 Å². The summed E-state index contributed by atoms with van der Waals surface area (Å²) in [6.45, 7) is 0. The maximum atomic E-state index is 13.4. The van der Waals surface area contributed by atoms with Crippen LogP contribution in [0.3, 0.4) is 0 Å². The number of esters is 2. The molecule has 8 nitrogen and oxygen atoms in total. The number of ether oxygens (including phenoxy) is 4. The Morgan fingerprint density at radius 3 is 1.47 bits per heavy atom. The fraction of sp³-hybridized carbons (Fsp3) is 0.273. The van der Waals surface area contributed by atoms with Gasteiger partial charge in [0.25, 0.3) is 11.2 Å². The Morgan fingerprint density at radius 2 is 1.10 bits per heavy atom. The molecule has 1 fully saturated rings. The lowest BCUT2D eigenvalue weighted by Crippen LogP contribution is -2.90. The predicted octanol–water partition coefficient (Wildman–Crippen LogP) is 1.61. The first kappa shape index (κ1) is 18.4. The number of hydrogen-bond donors (Lipinski definition) is 0. The van der Waals surface area contributed by atoms with Gasteiger partial charge in [-0.2, -0.15) is 0 Å². The molecule has 4 atom stereocenters. The Bertz CT molecular complexity index is 1050. The van der Waals surface area contributed by atoms with Gasteiger partial charge in [-0.05, 0) is 24.3 Å². The van der Waals surface area contributed by atoms with E-state index in [1.807, 2.05) is 0 Å². The van der Waals surface area contributed by atoms with Crippen molar-refractivity contribution in [2.24, 2.45) is 11.8 Å². The third-order valence-corrected chi connectivity index (χ3v) is 6.15. The van der Waals surface area contributed by atoms with E-state index in [4.69, 9.17) is 18.9 Å². The molecular weight excluding hydrogens is 392 g/mol. The van der Waals surface area contributed by atoms with Crippen LogP contribution in [0.1, 0.15) is 20.7 Å². The molecule has 1 aliphatic carbocycles. The van der Waals surface area contributed by atoms with Crippen LogP contribution < -0.4 is 9.47 Å². The standard InChI is InChI=1S/C22H16O8/c1-27-19(25)21-15(17(23)11-7-3-5-9-13(11)29-21)16-18(24)12-8-4-6-10-14(12)30-22(16,21)20(26)28-2/h3-10,15-16H,1-2H3/t15-,16-,21-,22-/m0/s1. The molecule has 30 heavy (non-hydrogen) atoms. The lowest BCUT2D eigenvalue weighted by molar-refractivity contribution is -0.259. The number of benzene rings is 2. The Morgan fingerprint density at radius 1 is 0.733 bits per heavy atom. The highest BCUT2D eigenvalue weighted by atomic mass is 16.6. The van der Waals surface area contributed by atoms with Crippen molar-refractivity contribution in [2.75, 3.05) is 14.2 Å². The largest absolute Gasteiger partial charge is 0.469 e. The number of hydrogen-bond acceptors (Lipinski definition) is 8. The number of carbonyl (C=O) groups excluding carboxylic acids is 4. The minimum absolute atomic E-state index is 0.0979. The Hall–Kier alpha value is -3.68. The molecule has 0 N–H and O–H groups in total. The number of para-hydroxylation sites is 2. The van der Waals surface area contributed by atoms with Gasteiger partial charge in [-0.3, -0.25) is 9.59 Å². The fourth-order valence-corrected chi connectivity index (χ4v) is 4.93. The summed E-state index contributed by atoms with van der Waals surface area (Å²) in [7, 11) is 2.22. The van der Waals surface area contributed by atoms with Gasteiger partial charge in [0, 0.05) is 0 Å². The second-order valence-corrected chi connectivity index (χ2v) is 7.33. The monoisotopic (exact) mass is 408 g/mol. The molecule has 8 heteroatoms. The topological polar surface area (TPSA) is 105 Å². The summed E-state index contributed by atoms with van der Waals surface area (Å²) in [5.41, 5.74) is -3.97. The molecule has 0 spiro atoms. The van der Waals surface area contributed by atoms with Crippen LogP contribution in [-0.4, -0.2) is 48.9 Å². The van der Waals surface area contributed by atoms with Crippen molar-refractivity contribution in [1.29, 1.82) is 0 Å². The lowest BCUT2D eigenvalue weighted by Gasteiger charge is -2.63. The number of ketones is 2. The Labute approximate surface area is 170 Å². The molecule has 2 aromatic carbocycles. The number of methoxy groups -OCH3 is 2. The zero-order valence-corrected chi connectivity index (χ0v) is 16.0. The van der Waals surface area contributed by atoms with Gasteiger partial charge in [0.05, 0.1) is 37.2 Å². The van der Waals surface area contributed by atoms with E-state index in [2.05, 4.69) is 0 Å². The summed E-state index contributed by atoms with van der Waals surface area (Å²) in [6.07, 6.45) is 0. The quantitative estimate of drug-likeness (QED) is 0.690. The average molecular weight is 408 g/mol. The van der Waals surface area contributed by atoms with Crippen LogP contribution in [0.4, 0.5) is 0 Å². The normalized spacial score (nSPS) is 30.2. The number of carbonyl (C=O) groups is 4. The number of fused-ring (bicyclic) bond motifs is 6. The zero-order chi connectivity index (χ0) is 21.3. The molecule has 0 saturated heterocycles. The SMILES string of the molecule is COC(=O)[C@@]12Oc3ccccc3C(=O)[C@@H]1[C@H]1C(=O)c3ccccc3O[C@]12C(=O)OC. The van der Waals surface area contributed by atoms with Crippen molar-refractivity contribution < 1.29 is 38.1 Å². The van der Waals surface area contributed by atoms with Crippen molar-refractivity contribution in [3.05, 3.63) is 59.7 Å². The molecule has 0 aromatic heterocycles. The van der Waals surface area contributed by atoms with E-state index in [-0.39, 0.29) is 22.6 Å². The smallest absolute Gasteiger partial charge is 0.356 e. The second kappa shape index (κ2) is 5.91. The summed E-state index contributed by atoms with van der Waals surface area (Å²) in [5, 5.41) is 0. The minimum atomic E-state index is -2.20. The predicted molar refractivity (Wildman–Crippen MR) is 99.3 cm³/mol. The molecule has 0 unspecified atom stereocenters. The average Bonchev–Trinajstić information content (AvgIpc) is 2.77. The molecule has 2 aromatic rings. The van der Waals surface area contributed by atoms with Crippen molar-refractivity contribution in [1.82, 2.24) is 0 Å². The summed E-state index contributed by atoms with van der Waals surface area (Å²) in [4.78, 5) is 53.1. The first-order valence-corrected chi connectivity index (χ1v) is 9.25. The summed E-state index contributed by atoms with van der Waals surface area (Å²) < 4.78 is 22.0. The van der Waals surface area contributed by atoms with Gasteiger partial charge in [0.1, 0.15) is 11.5 Å². The van der Waals surface area contributed by atoms with Crippen molar-refractivity contribution >= 4 is 23.5 Å². The summed E-state index contributed by atoms with van der Waals surface area (Å²) >= 11 is 0. The van der Waals surface area contributed by atoms with Crippen LogP contribution in [0, 0.1) is 11.8 Å². The second-order valence-electron chi connectivity index (χ2n) is 7.33. The van der Waals surface area contributed by atoms with Gasteiger partial charge < -0.3 is 18.9 Å².